The lowest BCUT2D eigenvalue weighted by Crippen LogP contribution is -2.48. The fourth-order valence-corrected chi connectivity index (χ4v) is 5.85. The third kappa shape index (κ3) is 3.44. The molecule has 4 aliphatic carbocycles. The van der Waals surface area contributed by atoms with Gasteiger partial charge in [-0.1, -0.05) is 13.8 Å². The van der Waals surface area contributed by atoms with Crippen LogP contribution in [0.25, 0.3) is 0 Å². The minimum atomic E-state index is -0.686. The zero-order chi connectivity index (χ0) is 15.0. The third-order valence-corrected chi connectivity index (χ3v) is 6.22. The smallest absolute Gasteiger partial charge is 0.320 e. The van der Waals surface area contributed by atoms with Gasteiger partial charge < -0.3 is 10.4 Å². The summed E-state index contributed by atoms with van der Waals surface area (Å²) in [5.41, 5.74) is 0.558. The molecule has 0 heterocycles. The zero-order valence-electron chi connectivity index (χ0n) is 13.6. The van der Waals surface area contributed by atoms with Crippen molar-refractivity contribution in [1.82, 2.24) is 5.32 Å². The van der Waals surface area contributed by atoms with Crippen molar-refractivity contribution in [2.75, 3.05) is 6.54 Å². The highest BCUT2D eigenvalue weighted by molar-refractivity contribution is 5.73. The van der Waals surface area contributed by atoms with Gasteiger partial charge in [-0.25, -0.2) is 0 Å². The number of aliphatic carboxylic acids is 1. The molecule has 4 aliphatic rings. The summed E-state index contributed by atoms with van der Waals surface area (Å²) < 4.78 is 0. The van der Waals surface area contributed by atoms with Crippen LogP contribution in [0, 0.1) is 29.1 Å². The second-order valence-electron chi connectivity index (χ2n) is 8.64. The minimum Gasteiger partial charge on any atom is -0.480 e. The molecule has 21 heavy (non-hydrogen) atoms. The lowest BCUT2D eigenvalue weighted by Gasteiger charge is -2.57. The Kier molecular flexibility index (Phi) is 4.31. The largest absolute Gasteiger partial charge is 0.480 e. The van der Waals surface area contributed by atoms with Crippen LogP contribution in [0.4, 0.5) is 0 Å². The summed E-state index contributed by atoms with van der Waals surface area (Å²) in [7, 11) is 0. The molecule has 0 saturated heterocycles. The molecule has 0 aromatic rings. The van der Waals surface area contributed by atoms with Crippen LogP contribution in [-0.2, 0) is 4.79 Å². The summed E-state index contributed by atoms with van der Waals surface area (Å²) in [4.78, 5) is 11.3. The van der Waals surface area contributed by atoms with E-state index in [-0.39, 0.29) is 6.04 Å². The summed E-state index contributed by atoms with van der Waals surface area (Å²) in [6, 6.07) is -0.362. The second kappa shape index (κ2) is 5.91. The van der Waals surface area contributed by atoms with Crippen molar-refractivity contribution in [2.45, 2.75) is 71.3 Å². The van der Waals surface area contributed by atoms with E-state index in [1.54, 1.807) is 0 Å². The first-order valence-corrected chi connectivity index (χ1v) is 8.92. The van der Waals surface area contributed by atoms with Gasteiger partial charge in [-0.3, -0.25) is 4.79 Å². The monoisotopic (exact) mass is 293 g/mol. The Bertz CT molecular complexity index is 355. The first kappa shape index (κ1) is 15.3. The van der Waals surface area contributed by atoms with Crippen molar-refractivity contribution in [2.24, 2.45) is 29.1 Å². The van der Waals surface area contributed by atoms with Crippen LogP contribution in [0.2, 0.25) is 0 Å². The van der Waals surface area contributed by atoms with E-state index in [9.17, 15) is 9.90 Å². The van der Waals surface area contributed by atoms with Crippen LogP contribution in [-0.4, -0.2) is 23.7 Å². The van der Waals surface area contributed by atoms with Crippen LogP contribution >= 0.6 is 0 Å². The van der Waals surface area contributed by atoms with Crippen molar-refractivity contribution >= 4 is 5.97 Å². The van der Waals surface area contributed by atoms with Crippen LogP contribution < -0.4 is 5.32 Å². The molecule has 0 aromatic heterocycles. The van der Waals surface area contributed by atoms with Gasteiger partial charge in [0.1, 0.15) is 6.04 Å². The molecule has 4 bridgehead atoms. The summed E-state index contributed by atoms with van der Waals surface area (Å²) in [5.74, 6) is 2.71. The van der Waals surface area contributed by atoms with E-state index in [0.29, 0.717) is 11.3 Å². The molecule has 1 atom stereocenters. The highest BCUT2D eigenvalue weighted by atomic mass is 16.4. The molecule has 4 rings (SSSR count). The van der Waals surface area contributed by atoms with Gasteiger partial charge in [0.15, 0.2) is 0 Å². The molecule has 0 amide bonds. The molecule has 120 valence electrons. The molecule has 2 N–H and O–H groups in total. The average molecular weight is 293 g/mol. The lowest BCUT2D eigenvalue weighted by atomic mass is 9.49. The maximum Gasteiger partial charge on any atom is 0.320 e. The van der Waals surface area contributed by atoms with E-state index in [0.717, 1.165) is 30.7 Å². The maximum absolute atomic E-state index is 11.3. The van der Waals surface area contributed by atoms with Crippen molar-refractivity contribution < 1.29 is 9.90 Å². The predicted octanol–water partition coefficient (Wildman–Crippen LogP) is 3.68. The van der Waals surface area contributed by atoms with E-state index in [4.69, 9.17) is 0 Å². The van der Waals surface area contributed by atoms with E-state index >= 15 is 0 Å². The molecule has 4 saturated carbocycles. The van der Waals surface area contributed by atoms with Gasteiger partial charge in [0.25, 0.3) is 0 Å². The minimum absolute atomic E-state index is 0.362. The molecule has 0 aromatic carbocycles. The summed E-state index contributed by atoms with van der Waals surface area (Å²) in [6.45, 7) is 5.07. The number of hydrogen-bond acceptors (Lipinski definition) is 2. The number of rotatable bonds is 7. The molecule has 1 unspecified atom stereocenters. The number of carbonyl (C=O) groups is 1. The molecule has 4 fully saturated rings. The summed E-state index contributed by atoms with van der Waals surface area (Å²) in [5, 5.41) is 12.6. The Hall–Kier alpha value is -0.570. The molecule has 0 aliphatic heterocycles. The van der Waals surface area contributed by atoms with Gasteiger partial charge in [0.05, 0.1) is 0 Å². The van der Waals surface area contributed by atoms with Gasteiger partial charge in [0, 0.05) is 0 Å². The van der Waals surface area contributed by atoms with Crippen LogP contribution in [0.3, 0.4) is 0 Å². The number of carboxylic acids is 1. The number of hydrogen-bond donors (Lipinski definition) is 2. The van der Waals surface area contributed by atoms with Crippen molar-refractivity contribution in [3.05, 3.63) is 0 Å². The van der Waals surface area contributed by atoms with Gasteiger partial charge in [-0.05, 0) is 87.0 Å². The van der Waals surface area contributed by atoms with E-state index in [1.165, 1.54) is 44.9 Å². The highest BCUT2D eigenvalue weighted by Gasteiger charge is 2.50. The molecular weight excluding hydrogens is 262 g/mol. The Labute approximate surface area is 128 Å². The normalized spacial score (nSPS) is 38.9. The molecule has 0 radical (unpaired) electrons. The standard InChI is InChI=1S/C18H31NO2/c1-12(2)5-16(17(20)21)19-4-3-18-9-13-6-14(10-18)8-15(7-13)11-18/h12-16,19H,3-11H2,1-2H3,(H,20,21). The first-order chi connectivity index (χ1) is 9.96. The van der Waals surface area contributed by atoms with Gasteiger partial charge in [-0.2, -0.15) is 0 Å². The maximum atomic E-state index is 11.3. The topological polar surface area (TPSA) is 49.3 Å². The molecular formula is C18H31NO2. The highest BCUT2D eigenvalue weighted by Crippen LogP contribution is 2.61. The van der Waals surface area contributed by atoms with E-state index in [2.05, 4.69) is 19.2 Å². The first-order valence-electron chi connectivity index (χ1n) is 8.92. The van der Waals surface area contributed by atoms with Crippen molar-refractivity contribution in [3.63, 3.8) is 0 Å². The Balaban J connectivity index is 1.52. The van der Waals surface area contributed by atoms with E-state index in [1.807, 2.05) is 0 Å². The Morgan fingerprint density at radius 1 is 1.14 bits per heavy atom. The van der Waals surface area contributed by atoms with Crippen molar-refractivity contribution in [3.8, 4) is 0 Å². The van der Waals surface area contributed by atoms with Gasteiger partial charge in [0.2, 0.25) is 0 Å². The summed E-state index contributed by atoms with van der Waals surface area (Å²) in [6.07, 6.45) is 10.6. The van der Waals surface area contributed by atoms with Crippen molar-refractivity contribution in [1.29, 1.82) is 0 Å². The van der Waals surface area contributed by atoms with Gasteiger partial charge >= 0.3 is 5.97 Å². The van der Waals surface area contributed by atoms with Crippen LogP contribution in [0.15, 0.2) is 0 Å². The summed E-state index contributed by atoms with van der Waals surface area (Å²) >= 11 is 0. The third-order valence-electron chi connectivity index (χ3n) is 6.22. The SMILES string of the molecule is CC(C)CC(NCCC12CC3CC(CC(C3)C1)C2)C(=O)O. The molecule has 3 heteroatoms. The number of nitrogens with one attached hydrogen (secondary N) is 1. The number of carboxylic acid groups (broad SMARTS) is 1. The Morgan fingerprint density at radius 2 is 1.67 bits per heavy atom. The fourth-order valence-electron chi connectivity index (χ4n) is 5.85. The van der Waals surface area contributed by atoms with Gasteiger partial charge in [-0.15, -0.1) is 0 Å². The predicted molar refractivity (Wildman–Crippen MR) is 84.1 cm³/mol. The fraction of sp³-hybridized carbons (Fsp3) is 0.944. The quantitative estimate of drug-likeness (QED) is 0.753. The van der Waals surface area contributed by atoms with Crippen LogP contribution in [0.5, 0.6) is 0 Å². The second-order valence-corrected chi connectivity index (χ2v) is 8.64. The zero-order valence-corrected chi connectivity index (χ0v) is 13.6. The van der Waals surface area contributed by atoms with E-state index < -0.39 is 5.97 Å². The molecule has 0 spiro atoms. The lowest BCUT2D eigenvalue weighted by molar-refractivity contribution is -0.140. The molecule has 3 nitrogen and oxygen atoms in total. The Morgan fingerprint density at radius 3 is 2.10 bits per heavy atom. The van der Waals surface area contributed by atoms with Crippen LogP contribution in [0.1, 0.15) is 65.2 Å². The average Bonchev–Trinajstić information content (AvgIpc) is 2.35.